The summed E-state index contributed by atoms with van der Waals surface area (Å²) in [7, 11) is 0. The maximum atomic E-state index is 11.2. The third kappa shape index (κ3) is 6.14. The van der Waals surface area contributed by atoms with E-state index in [0.29, 0.717) is 50.4 Å². The number of carboxylic acid groups (broad SMARTS) is 1. The molecule has 0 unspecified atom stereocenters. The van der Waals surface area contributed by atoms with Crippen LogP contribution in [0.5, 0.6) is 11.5 Å². The first-order valence-electron chi connectivity index (χ1n) is 9.57. The van der Waals surface area contributed by atoms with Gasteiger partial charge in [-0.05, 0) is 54.4 Å². The van der Waals surface area contributed by atoms with Gasteiger partial charge in [0.2, 0.25) is 0 Å². The summed E-state index contributed by atoms with van der Waals surface area (Å²) in [6.07, 6.45) is 0. The second-order valence-electron chi connectivity index (χ2n) is 6.71. The van der Waals surface area contributed by atoms with E-state index in [4.69, 9.17) is 55.9 Å². The Labute approximate surface area is 205 Å². The van der Waals surface area contributed by atoms with Crippen LogP contribution in [0.1, 0.15) is 28.4 Å². The molecule has 168 valence electrons. The maximum Gasteiger partial charge on any atom is 0.335 e. The van der Waals surface area contributed by atoms with Gasteiger partial charge < -0.3 is 19.9 Å². The lowest BCUT2D eigenvalue weighted by atomic mass is 10.1. The highest BCUT2D eigenvalue weighted by Crippen LogP contribution is 2.35. The van der Waals surface area contributed by atoms with E-state index in [1.54, 1.807) is 24.3 Å². The maximum absolute atomic E-state index is 11.2. The Morgan fingerprint density at radius 2 is 1.59 bits per heavy atom. The van der Waals surface area contributed by atoms with Gasteiger partial charge in [0.05, 0.1) is 32.9 Å². The predicted molar refractivity (Wildman–Crippen MR) is 129 cm³/mol. The molecule has 0 saturated carbocycles. The van der Waals surface area contributed by atoms with Crippen LogP contribution in [0.3, 0.4) is 0 Å². The highest BCUT2D eigenvalue weighted by Gasteiger charge is 2.13. The molecule has 2 N–H and O–H groups in total. The number of halogens is 4. The molecule has 32 heavy (non-hydrogen) atoms. The molecule has 0 atom stereocenters. The van der Waals surface area contributed by atoms with Gasteiger partial charge in [0.1, 0.15) is 6.61 Å². The number of aromatic carboxylic acids is 1. The molecule has 0 aliphatic heterocycles. The molecular weight excluding hydrogens is 496 g/mol. The van der Waals surface area contributed by atoms with Crippen molar-refractivity contribution in [2.24, 2.45) is 0 Å². The highest BCUT2D eigenvalue weighted by atomic mass is 35.5. The van der Waals surface area contributed by atoms with Crippen LogP contribution in [0, 0.1) is 0 Å². The van der Waals surface area contributed by atoms with Crippen LogP contribution in [0.4, 0.5) is 5.69 Å². The van der Waals surface area contributed by atoms with E-state index >= 15 is 0 Å². The summed E-state index contributed by atoms with van der Waals surface area (Å²) in [6.45, 7) is 2.85. The molecular formula is C23H19Cl4NO4. The Morgan fingerprint density at radius 1 is 0.875 bits per heavy atom. The molecule has 3 rings (SSSR count). The van der Waals surface area contributed by atoms with Gasteiger partial charge in [-0.15, -0.1) is 0 Å². The van der Waals surface area contributed by atoms with Gasteiger partial charge in [0.25, 0.3) is 0 Å². The first kappa shape index (κ1) is 24.3. The smallest absolute Gasteiger partial charge is 0.335 e. The zero-order chi connectivity index (χ0) is 23.3. The van der Waals surface area contributed by atoms with Crippen molar-refractivity contribution in [1.29, 1.82) is 0 Å². The number of carbonyl (C=O) groups is 1. The molecule has 0 spiro atoms. The normalized spacial score (nSPS) is 10.7. The number of benzene rings is 3. The second kappa shape index (κ2) is 11.0. The number of nitrogens with one attached hydrogen (secondary N) is 1. The number of ether oxygens (including phenoxy) is 2. The van der Waals surface area contributed by atoms with E-state index in [9.17, 15) is 9.90 Å². The van der Waals surface area contributed by atoms with Crippen LogP contribution < -0.4 is 14.8 Å². The minimum Gasteiger partial charge on any atom is -0.490 e. The summed E-state index contributed by atoms with van der Waals surface area (Å²) in [4.78, 5) is 11.2. The quantitative estimate of drug-likeness (QED) is 0.308. The van der Waals surface area contributed by atoms with Gasteiger partial charge >= 0.3 is 5.97 Å². The molecule has 5 nitrogen and oxygen atoms in total. The molecule has 0 radical (unpaired) electrons. The largest absolute Gasteiger partial charge is 0.490 e. The predicted octanol–water partition coefficient (Wildman–Crippen LogP) is 7.59. The summed E-state index contributed by atoms with van der Waals surface area (Å²) in [5.74, 6) is -0.0263. The Kier molecular flexibility index (Phi) is 8.38. The summed E-state index contributed by atoms with van der Waals surface area (Å²) >= 11 is 24.7. The van der Waals surface area contributed by atoms with E-state index in [-0.39, 0.29) is 12.2 Å². The summed E-state index contributed by atoms with van der Waals surface area (Å²) in [6, 6.07) is 13.2. The fraction of sp³-hybridized carbons (Fsp3) is 0.174. The van der Waals surface area contributed by atoms with Crippen LogP contribution >= 0.6 is 46.4 Å². The van der Waals surface area contributed by atoms with Crippen molar-refractivity contribution in [3.63, 3.8) is 0 Å². The molecule has 0 fully saturated rings. The van der Waals surface area contributed by atoms with E-state index in [2.05, 4.69) is 5.32 Å². The van der Waals surface area contributed by atoms with Crippen molar-refractivity contribution < 1.29 is 19.4 Å². The average molecular weight is 515 g/mol. The summed E-state index contributed by atoms with van der Waals surface area (Å²) in [5.41, 5.74) is 2.19. The van der Waals surface area contributed by atoms with Gasteiger partial charge in [-0.1, -0.05) is 52.5 Å². The minimum atomic E-state index is -1.04. The van der Waals surface area contributed by atoms with Crippen molar-refractivity contribution in [3.05, 3.63) is 85.3 Å². The molecule has 0 saturated heterocycles. The fourth-order valence-corrected chi connectivity index (χ4v) is 3.59. The highest BCUT2D eigenvalue weighted by molar-refractivity contribution is 6.42. The van der Waals surface area contributed by atoms with Crippen molar-refractivity contribution in [1.82, 2.24) is 0 Å². The number of anilines is 1. The van der Waals surface area contributed by atoms with E-state index in [1.165, 1.54) is 18.2 Å². The molecule has 0 aromatic heterocycles. The molecule has 0 bridgehead atoms. The Balaban J connectivity index is 1.78. The third-order valence-corrected chi connectivity index (χ3v) is 5.89. The standard InChI is InChI=1S/C23H19Cl4NO4/c1-2-31-21-9-15(11-28-20-8-14(23(29)30)4-6-17(20)25)18(26)10-22(21)32-12-13-3-5-16(24)19(27)7-13/h3-10,28H,2,11-12H2,1H3,(H,29,30). The van der Waals surface area contributed by atoms with Crippen LogP contribution in [0.15, 0.2) is 48.5 Å². The lowest BCUT2D eigenvalue weighted by molar-refractivity contribution is 0.0697. The Morgan fingerprint density at radius 3 is 2.28 bits per heavy atom. The number of hydrogen-bond acceptors (Lipinski definition) is 4. The van der Waals surface area contributed by atoms with Crippen molar-refractivity contribution in [3.8, 4) is 11.5 Å². The van der Waals surface area contributed by atoms with Crippen molar-refractivity contribution in [2.75, 3.05) is 11.9 Å². The molecule has 0 aliphatic rings. The molecule has 0 aliphatic carbocycles. The lowest BCUT2D eigenvalue weighted by Crippen LogP contribution is -2.05. The molecule has 0 heterocycles. The number of carboxylic acids is 1. The monoisotopic (exact) mass is 513 g/mol. The van der Waals surface area contributed by atoms with Gasteiger partial charge in [-0.25, -0.2) is 4.79 Å². The summed E-state index contributed by atoms with van der Waals surface area (Å²) in [5, 5.41) is 14.1. The molecule has 0 amide bonds. The zero-order valence-electron chi connectivity index (χ0n) is 16.9. The van der Waals surface area contributed by atoms with Crippen LogP contribution in [0.2, 0.25) is 20.1 Å². The van der Waals surface area contributed by atoms with E-state index < -0.39 is 5.97 Å². The third-order valence-electron chi connectivity index (χ3n) is 4.47. The summed E-state index contributed by atoms with van der Waals surface area (Å²) < 4.78 is 11.6. The first-order valence-corrected chi connectivity index (χ1v) is 11.1. The fourth-order valence-electron chi connectivity index (χ4n) is 2.87. The van der Waals surface area contributed by atoms with E-state index in [0.717, 1.165) is 11.1 Å². The van der Waals surface area contributed by atoms with Crippen LogP contribution in [0.25, 0.3) is 0 Å². The Hall–Kier alpha value is -2.31. The first-order chi connectivity index (χ1) is 15.3. The molecule has 9 heteroatoms. The number of hydrogen-bond donors (Lipinski definition) is 2. The van der Waals surface area contributed by atoms with E-state index in [1.807, 2.05) is 13.0 Å². The van der Waals surface area contributed by atoms with Gasteiger partial charge in [0.15, 0.2) is 11.5 Å². The van der Waals surface area contributed by atoms with Gasteiger partial charge in [-0.2, -0.15) is 0 Å². The van der Waals surface area contributed by atoms with Crippen molar-refractivity contribution >= 4 is 58.1 Å². The lowest BCUT2D eigenvalue weighted by Gasteiger charge is -2.16. The van der Waals surface area contributed by atoms with Crippen LogP contribution in [-0.2, 0) is 13.2 Å². The topological polar surface area (TPSA) is 67.8 Å². The zero-order valence-corrected chi connectivity index (χ0v) is 19.9. The number of rotatable bonds is 9. The van der Waals surface area contributed by atoms with Gasteiger partial charge in [0, 0.05) is 17.6 Å². The van der Waals surface area contributed by atoms with Crippen molar-refractivity contribution in [2.45, 2.75) is 20.1 Å². The molecule has 3 aromatic carbocycles. The SMILES string of the molecule is CCOc1cc(CNc2cc(C(=O)O)ccc2Cl)c(Cl)cc1OCc1ccc(Cl)c(Cl)c1. The van der Waals surface area contributed by atoms with Gasteiger partial charge in [-0.3, -0.25) is 0 Å². The Bertz CT molecular complexity index is 1140. The van der Waals surface area contributed by atoms with Crippen LogP contribution in [-0.4, -0.2) is 17.7 Å². The minimum absolute atomic E-state index is 0.129. The average Bonchev–Trinajstić information content (AvgIpc) is 2.76. The second-order valence-corrected chi connectivity index (χ2v) is 8.34. The molecule has 3 aromatic rings.